The van der Waals surface area contributed by atoms with Crippen LogP contribution in [0.4, 0.5) is 4.39 Å². The summed E-state index contributed by atoms with van der Waals surface area (Å²) < 4.78 is 13.0. The van der Waals surface area contributed by atoms with Crippen LogP contribution in [0.25, 0.3) is 0 Å². The molecular weight excluding hydrogens is 169 g/mol. The van der Waals surface area contributed by atoms with E-state index in [1.165, 1.54) is 12.1 Å². The SMILES string of the molecule is O=C=NCCCc1ccccc1F. The number of rotatable bonds is 4. The summed E-state index contributed by atoms with van der Waals surface area (Å²) in [6, 6.07) is 6.61. The summed E-state index contributed by atoms with van der Waals surface area (Å²) in [6.07, 6.45) is 2.74. The molecule has 0 bridgehead atoms. The van der Waals surface area contributed by atoms with Crippen molar-refractivity contribution >= 4 is 6.08 Å². The molecule has 13 heavy (non-hydrogen) atoms. The monoisotopic (exact) mass is 179 g/mol. The van der Waals surface area contributed by atoms with Crippen molar-refractivity contribution < 1.29 is 9.18 Å². The van der Waals surface area contributed by atoms with E-state index in [2.05, 4.69) is 4.99 Å². The molecule has 0 aliphatic heterocycles. The van der Waals surface area contributed by atoms with Gasteiger partial charge in [-0.15, -0.1) is 0 Å². The average Bonchev–Trinajstić information content (AvgIpc) is 2.15. The Labute approximate surface area is 76.1 Å². The number of isocyanates is 1. The Balaban J connectivity index is 2.45. The fourth-order valence-electron chi connectivity index (χ4n) is 1.10. The maximum Gasteiger partial charge on any atom is 0.234 e. The van der Waals surface area contributed by atoms with E-state index in [0.717, 1.165) is 0 Å². The number of carbonyl (C=O) groups excluding carboxylic acids is 1. The molecular formula is C10H10FNO. The van der Waals surface area contributed by atoms with E-state index >= 15 is 0 Å². The lowest BCUT2D eigenvalue weighted by Crippen LogP contribution is -1.91. The van der Waals surface area contributed by atoms with Gasteiger partial charge in [0.25, 0.3) is 0 Å². The van der Waals surface area contributed by atoms with Crippen LogP contribution in [0, 0.1) is 5.82 Å². The summed E-state index contributed by atoms with van der Waals surface area (Å²) in [4.78, 5) is 13.1. The zero-order valence-electron chi connectivity index (χ0n) is 7.16. The first kappa shape index (κ1) is 9.62. The van der Waals surface area contributed by atoms with Crippen molar-refractivity contribution in [2.45, 2.75) is 12.8 Å². The lowest BCUT2D eigenvalue weighted by Gasteiger charge is -1.99. The third-order valence-electron chi connectivity index (χ3n) is 1.74. The fraction of sp³-hybridized carbons (Fsp3) is 0.300. The number of benzene rings is 1. The molecule has 2 nitrogen and oxygen atoms in total. The first-order valence-corrected chi connectivity index (χ1v) is 4.11. The van der Waals surface area contributed by atoms with Crippen molar-refractivity contribution in [1.82, 2.24) is 0 Å². The maximum atomic E-state index is 13.0. The summed E-state index contributed by atoms with van der Waals surface area (Å²) in [5.41, 5.74) is 0.670. The predicted molar refractivity (Wildman–Crippen MR) is 47.7 cm³/mol. The summed E-state index contributed by atoms with van der Waals surface area (Å²) in [7, 11) is 0. The quantitative estimate of drug-likeness (QED) is 0.395. The topological polar surface area (TPSA) is 29.4 Å². The fourth-order valence-corrected chi connectivity index (χ4v) is 1.10. The van der Waals surface area contributed by atoms with Crippen LogP contribution in [0.3, 0.4) is 0 Å². The molecule has 68 valence electrons. The number of aliphatic imine (C=N–C) groups is 1. The molecule has 0 fully saturated rings. The van der Waals surface area contributed by atoms with Gasteiger partial charge in [-0.2, -0.15) is 0 Å². The highest BCUT2D eigenvalue weighted by molar-refractivity contribution is 5.32. The van der Waals surface area contributed by atoms with Crippen molar-refractivity contribution in [1.29, 1.82) is 0 Å². The Morgan fingerprint density at radius 1 is 1.38 bits per heavy atom. The molecule has 0 aliphatic carbocycles. The zero-order chi connectivity index (χ0) is 9.52. The molecule has 0 spiro atoms. The molecule has 3 heteroatoms. The third-order valence-corrected chi connectivity index (χ3v) is 1.74. The molecule has 0 saturated heterocycles. The minimum atomic E-state index is -0.197. The van der Waals surface area contributed by atoms with Gasteiger partial charge in [-0.3, -0.25) is 0 Å². The molecule has 0 N–H and O–H groups in total. The van der Waals surface area contributed by atoms with Gasteiger partial charge in [0.1, 0.15) is 5.82 Å². The Kier molecular flexibility index (Phi) is 3.86. The van der Waals surface area contributed by atoms with Gasteiger partial charge in [0, 0.05) is 0 Å². The van der Waals surface area contributed by atoms with Crippen LogP contribution in [0.5, 0.6) is 0 Å². The summed E-state index contributed by atoms with van der Waals surface area (Å²) in [6.45, 7) is 0.415. The predicted octanol–water partition coefficient (Wildman–Crippen LogP) is 2.09. The van der Waals surface area contributed by atoms with E-state index in [4.69, 9.17) is 0 Å². The Morgan fingerprint density at radius 2 is 2.15 bits per heavy atom. The summed E-state index contributed by atoms with van der Waals surface area (Å²) in [5, 5.41) is 0. The Hall–Kier alpha value is -1.47. The number of nitrogens with zero attached hydrogens (tertiary/aromatic N) is 1. The van der Waals surface area contributed by atoms with E-state index in [0.29, 0.717) is 24.9 Å². The lowest BCUT2D eigenvalue weighted by atomic mass is 10.1. The maximum absolute atomic E-state index is 13.0. The second kappa shape index (κ2) is 5.22. The first-order valence-electron chi connectivity index (χ1n) is 4.11. The van der Waals surface area contributed by atoms with E-state index in [1.54, 1.807) is 18.2 Å². The van der Waals surface area contributed by atoms with Gasteiger partial charge in [0.15, 0.2) is 0 Å². The van der Waals surface area contributed by atoms with Crippen LogP contribution in [-0.4, -0.2) is 12.6 Å². The average molecular weight is 179 g/mol. The van der Waals surface area contributed by atoms with E-state index in [9.17, 15) is 9.18 Å². The van der Waals surface area contributed by atoms with Crippen molar-refractivity contribution in [3.05, 3.63) is 35.6 Å². The molecule has 0 radical (unpaired) electrons. The Morgan fingerprint density at radius 3 is 2.85 bits per heavy atom. The van der Waals surface area contributed by atoms with Crippen molar-refractivity contribution in [3.63, 3.8) is 0 Å². The smallest absolute Gasteiger partial charge is 0.211 e. The van der Waals surface area contributed by atoms with E-state index in [-0.39, 0.29) is 5.82 Å². The van der Waals surface area contributed by atoms with Crippen LogP contribution in [-0.2, 0) is 11.2 Å². The highest BCUT2D eigenvalue weighted by Gasteiger charge is 1.98. The molecule has 1 aromatic rings. The van der Waals surface area contributed by atoms with Crippen LogP contribution in [0.15, 0.2) is 29.3 Å². The van der Waals surface area contributed by atoms with Crippen molar-refractivity contribution in [2.24, 2.45) is 4.99 Å². The van der Waals surface area contributed by atoms with Gasteiger partial charge in [-0.1, -0.05) is 18.2 Å². The normalized spacial score (nSPS) is 9.31. The summed E-state index contributed by atoms with van der Waals surface area (Å²) in [5.74, 6) is -0.197. The molecule has 0 heterocycles. The molecule has 0 unspecified atom stereocenters. The molecule has 1 aromatic carbocycles. The minimum absolute atomic E-state index is 0.197. The van der Waals surface area contributed by atoms with Crippen LogP contribution in [0.2, 0.25) is 0 Å². The standard InChI is InChI=1S/C10H10FNO/c11-10-6-2-1-4-9(10)5-3-7-12-8-13/h1-2,4,6H,3,5,7H2. The lowest BCUT2D eigenvalue weighted by molar-refractivity contribution is 0.562. The largest absolute Gasteiger partial charge is 0.234 e. The van der Waals surface area contributed by atoms with Gasteiger partial charge < -0.3 is 0 Å². The van der Waals surface area contributed by atoms with Gasteiger partial charge in [-0.05, 0) is 24.5 Å². The molecule has 0 amide bonds. The molecule has 0 atom stereocenters. The molecule has 0 aliphatic rings. The number of halogens is 1. The van der Waals surface area contributed by atoms with E-state index < -0.39 is 0 Å². The Bertz CT molecular complexity index is 318. The number of hydrogen-bond acceptors (Lipinski definition) is 2. The van der Waals surface area contributed by atoms with Gasteiger partial charge in [-0.25, -0.2) is 14.2 Å². The third kappa shape index (κ3) is 3.18. The highest BCUT2D eigenvalue weighted by Crippen LogP contribution is 2.08. The summed E-state index contributed by atoms with van der Waals surface area (Å²) >= 11 is 0. The number of hydrogen-bond donors (Lipinski definition) is 0. The van der Waals surface area contributed by atoms with Crippen LogP contribution in [0.1, 0.15) is 12.0 Å². The van der Waals surface area contributed by atoms with Gasteiger partial charge in [0.2, 0.25) is 6.08 Å². The van der Waals surface area contributed by atoms with Crippen LogP contribution >= 0.6 is 0 Å². The van der Waals surface area contributed by atoms with Crippen LogP contribution < -0.4 is 0 Å². The van der Waals surface area contributed by atoms with Crippen molar-refractivity contribution in [3.8, 4) is 0 Å². The van der Waals surface area contributed by atoms with Gasteiger partial charge in [0.05, 0.1) is 6.54 Å². The zero-order valence-corrected chi connectivity index (χ0v) is 7.16. The minimum Gasteiger partial charge on any atom is -0.211 e. The second-order valence-corrected chi connectivity index (χ2v) is 2.67. The first-order chi connectivity index (χ1) is 6.34. The van der Waals surface area contributed by atoms with Gasteiger partial charge >= 0.3 is 0 Å². The highest BCUT2D eigenvalue weighted by atomic mass is 19.1. The second-order valence-electron chi connectivity index (χ2n) is 2.67. The molecule has 0 saturated carbocycles. The number of aryl methyl sites for hydroxylation is 1. The molecule has 1 rings (SSSR count). The molecule has 0 aromatic heterocycles. The van der Waals surface area contributed by atoms with E-state index in [1.807, 2.05) is 0 Å². The van der Waals surface area contributed by atoms with Crippen molar-refractivity contribution in [2.75, 3.05) is 6.54 Å².